The lowest BCUT2D eigenvalue weighted by Crippen LogP contribution is -1.96. The van der Waals surface area contributed by atoms with Crippen molar-refractivity contribution in [3.05, 3.63) is 34.9 Å². The molecule has 0 saturated carbocycles. The van der Waals surface area contributed by atoms with E-state index in [-0.39, 0.29) is 0 Å². The van der Waals surface area contributed by atoms with Gasteiger partial charge in [-0.25, -0.2) is 0 Å². The summed E-state index contributed by atoms with van der Waals surface area (Å²) < 4.78 is 0. The fourth-order valence-electron chi connectivity index (χ4n) is 1.78. The van der Waals surface area contributed by atoms with E-state index in [2.05, 4.69) is 11.2 Å². The Bertz CT molecular complexity index is 443. The SMILES string of the molecule is CCO/N=C1\CCc2cc(C#N)ccc21. The average molecular weight is 200 g/mol. The number of nitriles is 1. The number of fused-ring (bicyclic) bond motifs is 1. The van der Waals surface area contributed by atoms with Crippen molar-refractivity contribution in [1.29, 1.82) is 5.26 Å². The fourth-order valence-corrected chi connectivity index (χ4v) is 1.78. The Morgan fingerprint density at radius 3 is 3.07 bits per heavy atom. The number of aryl methyl sites for hydroxylation is 1. The van der Waals surface area contributed by atoms with Crippen molar-refractivity contribution in [3.8, 4) is 6.07 Å². The second-order valence-electron chi connectivity index (χ2n) is 3.44. The molecule has 3 heteroatoms. The van der Waals surface area contributed by atoms with Crippen LogP contribution in [0.15, 0.2) is 23.4 Å². The predicted molar refractivity (Wildman–Crippen MR) is 57.6 cm³/mol. The van der Waals surface area contributed by atoms with Gasteiger partial charge in [-0.3, -0.25) is 0 Å². The molecule has 0 amide bonds. The zero-order valence-electron chi connectivity index (χ0n) is 8.66. The van der Waals surface area contributed by atoms with Crippen molar-refractivity contribution in [2.45, 2.75) is 19.8 Å². The molecule has 0 radical (unpaired) electrons. The Morgan fingerprint density at radius 2 is 2.33 bits per heavy atom. The van der Waals surface area contributed by atoms with E-state index < -0.39 is 0 Å². The first-order chi connectivity index (χ1) is 7.35. The van der Waals surface area contributed by atoms with E-state index in [1.807, 2.05) is 25.1 Å². The summed E-state index contributed by atoms with van der Waals surface area (Å²) in [6.45, 7) is 2.51. The minimum absolute atomic E-state index is 0.592. The molecule has 0 N–H and O–H groups in total. The first-order valence-electron chi connectivity index (χ1n) is 5.07. The van der Waals surface area contributed by atoms with Gasteiger partial charge in [0.25, 0.3) is 0 Å². The van der Waals surface area contributed by atoms with Crippen LogP contribution in [0.3, 0.4) is 0 Å². The van der Waals surface area contributed by atoms with Gasteiger partial charge in [-0.15, -0.1) is 0 Å². The molecule has 76 valence electrons. The molecule has 0 atom stereocenters. The van der Waals surface area contributed by atoms with Gasteiger partial charge >= 0.3 is 0 Å². The van der Waals surface area contributed by atoms with Crippen LogP contribution in [0.1, 0.15) is 30.0 Å². The van der Waals surface area contributed by atoms with Gasteiger partial charge in [0.05, 0.1) is 17.3 Å². The summed E-state index contributed by atoms with van der Waals surface area (Å²) in [5, 5.41) is 12.8. The van der Waals surface area contributed by atoms with Crippen LogP contribution in [0.25, 0.3) is 0 Å². The number of hydrogen-bond donors (Lipinski definition) is 0. The van der Waals surface area contributed by atoms with Crippen LogP contribution in [-0.4, -0.2) is 12.3 Å². The van der Waals surface area contributed by atoms with Gasteiger partial charge in [-0.05, 0) is 37.5 Å². The Kier molecular flexibility index (Phi) is 2.68. The summed E-state index contributed by atoms with van der Waals surface area (Å²) in [5.74, 6) is 0. The maximum atomic E-state index is 8.77. The second-order valence-corrected chi connectivity index (χ2v) is 3.44. The van der Waals surface area contributed by atoms with Crippen LogP contribution >= 0.6 is 0 Å². The molecule has 0 aliphatic heterocycles. The van der Waals surface area contributed by atoms with Crippen molar-refractivity contribution >= 4 is 5.71 Å². The first-order valence-corrected chi connectivity index (χ1v) is 5.07. The molecular weight excluding hydrogens is 188 g/mol. The van der Waals surface area contributed by atoms with Crippen molar-refractivity contribution in [1.82, 2.24) is 0 Å². The number of hydrogen-bond acceptors (Lipinski definition) is 3. The van der Waals surface area contributed by atoms with Crippen LogP contribution in [0, 0.1) is 11.3 Å². The normalized spacial score (nSPS) is 16.1. The van der Waals surface area contributed by atoms with Crippen molar-refractivity contribution < 1.29 is 4.84 Å². The molecule has 2 rings (SSSR count). The average Bonchev–Trinajstić information content (AvgIpc) is 2.68. The summed E-state index contributed by atoms with van der Waals surface area (Å²) in [5.41, 5.74) is 4.04. The molecule has 15 heavy (non-hydrogen) atoms. The van der Waals surface area contributed by atoms with E-state index in [1.165, 1.54) is 5.56 Å². The summed E-state index contributed by atoms with van der Waals surface area (Å²) in [6, 6.07) is 7.86. The van der Waals surface area contributed by atoms with E-state index >= 15 is 0 Å². The van der Waals surface area contributed by atoms with E-state index in [9.17, 15) is 0 Å². The molecule has 0 spiro atoms. The van der Waals surface area contributed by atoms with Crippen molar-refractivity contribution in [2.24, 2.45) is 5.16 Å². The number of benzene rings is 1. The highest BCUT2D eigenvalue weighted by Crippen LogP contribution is 2.23. The summed E-state index contributed by atoms with van der Waals surface area (Å²) in [7, 11) is 0. The highest BCUT2D eigenvalue weighted by atomic mass is 16.6. The van der Waals surface area contributed by atoms with Crippen molar-refractivity contribution in [3.63, 3.8) is 0 Å². The lowest BCUT2D eigenvalue weighted by molar-refractivity contribution is 0.158. The largest absolute Gasteiger partial charge is 0.396 e. The Hall–Kier alpha value is -1.82. The van der Waals surface area contributed by atoms with Gasteiger partial charge in [-0.2, -0.15) is 5.26 Å². The second kappa shape index (κ2) is 4.14. The minimum atomic E-state index is 0.592. The molecule has 0 heterocycles. The number of rotatable bonds is 2. The zero-order chi connectivity index (χ0) is 10.7. The molecule has 0 bridgehead atoms. The maximum absolute atomic E-state index is 8.77. The lowest BCUT2D eigenvalue weighted by atomic mass is 10.1. The minimum Gasteiger partial charge on any atom is -0.396 e. The number of oxime groups is 1. The van der Waals surface area contributed by atoms with E-state index in [4.69, 9.17) is 10.1 Å². The van der Waals surface area contributed by atoms with Gasteiger partial charge < -0.3 is 4.84 Å². The van der Waals surface area contributed by atoms with Gasteiger partial charge in [0.1, 0.15) is 6.61 Å². The van der Waals surface area contributed by atoms with Gasteiger partial charge in [-0.1, -0.05) is 11.2 Å². The van der Waals surface area contributed by atoms with Crippen LogP contribution in [0.5, 0.6) is 0 Å². The Balaban J connectivity index is 2.33. The summed E-state index contributed by atoms with van der Waals surface area (Å²) in [6.07, 6.45) is 1.86. The molecule has 1 aromatic carbocycles. The third-order valence-electron chi connectivity index (χ3n) is 2.48. The molecule has 0 fully saturated rings. The topological polar surface area (TPSA) is 45.4 Å². The molecular formula is C12H12N2O. The van der Waals surface area contributed by atoms with Crippen LogP contribution in [-0.2, 0) is 11.3 Å². The lowest BCUT2D eigenvalue weighted by Gasteiger charge is -2.00. The van der Waals surface area contributed by atoms with E-state index in [1.54, 1.807) is 0 Å². The predicted octanol–water partition coefficient (Wildman–Crippen LogP) is 2.25. The molecule has 3 nitrogen and oxygen atoms in total. The quantitative estimate of drug-likeness (QED) is 0.687. The molecule has 1 aliphatic rings. The molecule has 0 unspecified atom stereocenters. The van der Waals surface area contributed by atoms with Crippen molar-refractivity contribution in [2.75, 3.05) is 6.61 Å². The number of nitrogens with zero attached hydrogens (tertiary/aromatic N) is 2. The maximum Gasteiger partial charge on any atom is 0.114 e. The first kappa shape index (κ1) is 9.72. The van der Waals surface area contributed by atoms with E-state index in [0.29, 0.717) is 12.2 Å². The third-order valence-corrected chi connectivity index (χ3v) is 2.48. The van der Waals surface area contributed by atoms with Crippen LogP contribution < -0.4 is 0 Å². The van der Waals surface area contributed by atoms with Gasteiger partial charge in [0.2, 0.25) is 0 Å². The fraction of sp³-hybridized carbons (Fsp3) is 0.333. The van der Waals surface area contributed by atoms with Gasteiger partial charge in [0.15, 0.2) is 0 Å². The highest BCUT2D eigenvalue weighted by molar-refractivity contribution is 6.04. The highest BCUT2D eigenvalue weighted by Gasteiger charge is 2.18. The smallest absolute Gasteiger partial charge is 0.114 e. The molecule has 1 aromatic rings. The molecule has 0 saturated heterocycles. The zero-order valence-corrected chi connectivity index (χ0v) is 8.66. The summed E-state index contributed by atoms with van der Waals surface area (Å²) >= 11 is 0. The Labute approximate surface area is 89.0 Å². The third kappa shape index (κ3) is 1.84. The van der Waals surface area contributed by atoms with E-state index in [0.717, 1.165) is 24.1 Å². The molecule has 0 aromatic heterocycles. The Morgan fingerprint density at radius 1 is 1.47 bits per heavy atom. The van der Waals surface area contributed by atoms with Crippen LogP contribution in [0.2, 0.25) is 0 Å². The summed E-state index contributed by atoms with van der Waals surface area (Å²) in [4.78, 5) is 5.05. The van der Waals surface area contributed by atoms with Gasteiger partial charge in [0, 0.05) is 5.56 Å². The standard InChI is InChI=1S/C12H12N2O/c1-2-15-14-12-6-4-10-7-9(8-13)3-5-11(10)12/h3,5,7H,2,4,6H2,1H3/b14-12+. The molecule has 1 aliphatic carbocycles. The van der Waals surface area contributed by atoms with Crippen LogP contribution in [0.4, 0.5) is 0 Å². The monoisotopic (exact) mass is 200 g/mol.